The van der Waals surface area contributed by atoms with Crippen LogP contribution in [0.1, 0.15) is 19.4 Å². The topological polar surface area (TPSA) is 73.2 Å². The Balaban J connectivity index is 2.31. The lowest BCUT2D eigenvalue weighted by Gasteiger charge is -2.24. The second-order valence-electron chi connectivity index (χ2n) is 5.50. The fourth-order valence-corrected chi connectivity index (χ4v) is 3.16. The molecule has 3 rings (SSSR count). The van der Waals surface area contributed by atoms with Gasteiger partial charge in [0.2, 0.25) is 0 Å². The molecule has 0 aromatic heterocycles. The van der Waals surface area contributed by atoms with Crippen molar-refractivity contribution in [2.45, 2.75) is 13.8 Å². The molecule has 0 fully saturated rings. The van der Waals surface area contributed by atoms with E-state index in [0.717, 1.165) is 29.5 Å². The van der Waals surface area contributed by atoms with Gasteiger partial charge in [-0.15, -0.1) is 0 Å². The van der Waals surface area contributed by atoms with Gasteiger partial charge < -0.3 is 4.90 Å². The molecule has 24 heavy (non-hydrogen) atoms. The largest absolute Gasteiger partial charge is 0.372 e. The van der Waals surface area contributed by atoms with Gasteiger partial charge in [0, 0.05) is 24.2 Å². The summed E-state index contributed by atoms with van der Waals surface area (Å²) in [6.45, 7) is 5.91. The summed E-state index contributed by atoms with van der Waals surface area (Å²) in [5.41, 5.74) is 1.72. The molecule has 0 spiro atoms. The van der Waals surface area contributed by atoms with E-state index in [-0.39, 0.29) is 11.1 Å². The predicted octanol–water partition coefficient (Wildman–Crippen LogP) is 2.62. The van der Waals surface area contributed by atoms with Crippen LogP contribution in [0.15, 0.2) is 42.0 Å². The molecule has 1 aliphatic rings. The fourth-order valence-electron chi connectivity index (χ4n) is 3.16. The number of anilines is 1. The second-order valence-corrected chi connectivity index (χ2v) is 5.50. The minimum Gasteiger partial charge on any atom is -0.372 e. The minimum atomic E-state index is -0.630. The van der Waals surface area contributed by atoms with Gasteiger partial charge >= 0.3 is 0 Å². The number of benzene rings is 2. The van der Waals surface area contributed by atoms with Crippen LogP contribution in [0.4, 0.5) is 5.69 Å². The quantitative estimate of drug-likeness (QED) is 0.879. The van der Waals surface area contributed by atoms with Crippen molar-refractivity contribution >= 4 is 33.8 Å². The number of hydrogen-bond donors (Lipinski definition) is 1. The van der Waals surface area contributed by atoms with E-state index in [1.807, 2.05) is 42.5 Å². The monoisotopic (exact) mass is 319 g/mol. The normalized spacial score (nSPS) is 14.0. The average Bonchev–Trinajstić information content (AvgIpc) is 2.89. The Morgan fingerprint density at radius 1 is 1.00 bits per heavy atom. The Bertz CT molecular complexity index is 918. The molecule has 0 aliphatic carbocycles. The summed E-state index contributed by atoms with van der Waals surface area (Å²) < 4.78 is 0. The maximum Gasteiger partial charge on any atom is 0.269 e. The zero-order valence-electron chi connectivity index (χ0n) is 13.6. The standard InChI is InChI=1S/C19H17N3O2/c1-3-22(4-2)16-10-9-14(12-7-5-6-8-13(12)16)17-15(11-20)18(23)21-19(17)24/h5-10H,3-4H2,1-2H3,(H,21,23,24). The second kappa shape index (κ2) is 6.17. The van der Waals surface area contributed by atoms with Crippen molar-refractivity contribution in [1.29, 1.82) is 5.26 Å². The summed E-state index contributed by atoms with van der Waals surface area (Å²) in [5.74, 6) is -1.15. The van der Waals surface area contributed by atoms with E-state index in [1.165, 1.54) is 0 Å². The van der Waals surface area contributed by atoms with Gasteiger partial charge in [0.25, 0.3) is 11.8 Å². The van der Waals surface area contributed by atoms with Crippen LogP contribution in [-0.4, -0.2) is 24.9 Å². The number of carbonyl (C=O) groups excluding carboxylic acids is 2. The van der Waals surface area contributed by atoms with E-state index < -0.39 is 11.8 Å². The molecule has 0 saturated carbocycles. The molecule has 1 N–H and O–H groups in total. The molecule has 5 nitrogen and oxygen atoms in total. The van der Waals surface area contributed by atoms with Crippen molar-refractivity contribution in [2.24, 2.45) is 0 Å². The van der Waals surface area contributed by atoms with E-state index in [9.17, 15) is 14.9 Å². The van der Waals surface area contributed by atoms with Crippen molar-refractivity contribution < 1.29 is 9.59 Å². The highest BCUT2D eigenvalue weighted by atomic mass is 16.2. The first-order valence-corrected chi connectivity index (χ1v) is 7.89. The van der Waals surface area contributed by atoms with E-state index in [4.69, 9.17) is 0 Å². The molecule has 0 radical (unpaired) electrons. The van der Waals surface area contributed by atoms with Gasteiger partial charge in [0.05, 0.1) is 5.57 Å². The molecule has 1 heterocycles. The van der Waals surface area contributed by atoms with Crippen LogP contribution in [0.3, 0.4) is 0 Å². The Hall–Kier alpha value is -3.13. The van der Waals surface area contributed by atoms with Crippen LogP contribution in [-0.2, 0) is 9.59 Å². The van der Waals surface area contributed by atoms with Gasteiger partial charge in [-0.3, -0.25) is 14.9 Å². The number of nitrogens with zero attached hydrogens (tertiary/aromatic N) is 2. The minimum absolute atomic E-state index is 0.124. The molecular formula is C19H17N3O2. The van der Waals surface area contributed by atoms with Crippen LogP contribution in [0.2, 0.25) is 0 Å². The Morgan fingerprint density at radius 3 is 2.29 bits per heavy atom. The third-order valence-corrected chi connectivity index (χ3v) is 4.32. The maximum absolute atomic E-state index is 12.2. The molecule has 2 amide bonds. The zero-order chi connectivity index (χ0) is 17.3. The molecule has 0 saturated heterocycles. The maximum atomic E-state index is 12.2. The number of carbonyl (C=O) groups is 2. The number of fused-ring (bicyclic) bond motifs is 1. The number of nitrogens with one attached hydrogen (secondary N) is 1. The highest BCUT2D eigenvalue weighted by molar-refractivity contribution is 6.38. The lowest BCUT2D eigenvalue weighted by Crippen LogP contribution is -2.23. The van der Waals surface area contributed by atoms with Crippen LogP contribution >= 0.6 is 0 Å². The molecular weight excluding hydrogens is 302 g/mol. The highest BCUT2D eigenvalue weighted by Crippen LogP contribution is 2.35. The van der Waals surface area contributed by atoms with Gasteiger partial charge in [-0.2, -0.15) is 5.26 Å². The predicted molar refractivity (Wildman–Crippen MR) is 93.2 cm³/mol. The first kappa shape index (κ1) is 15.8. The summed E-state index contributed by atoms with van der Waals surface area (Å²) in [6, 6.07) is 13.4. The first-order chi connectivity index (χ1) is 11.6. The van der Waals surface area contributed by atoms with Crippen molar-refractivity contribution in [3.05, 3.63) is 47.5 Å². The van der Waals surface area contributed by atoms with Crippen molar-refractivity contribution in [3.63, 3.8) is 0 Å². The van der Waals surface area contributed by atoms with E-state index in [0.29, 0.717) is 5.56 Å². The van der Waals surface area contributed by atoms with E-state index >= 15 is 0 Å². The van der Waals surface area contributed by atoms with E-state index in [1.54, 1.807) is 0 Å². The van der Waals surface area contributed by atoms with Crippen LogP contribution in [0.25, 0.3) is 16.3 Å². The molecule has 0 atom stereocenters. The summed E-state index contributed by atoms with van der Waals surface area (Å²) in [5, 5.41) is 13.3. The first-order valence-electron chi connectivity index (χ1n) is 7.89. The SMILES string of the molecule is CCN(CC)c1ccc(C2=C(C#N)C(=O)NC2=O)c2ccccc12. The molecule has 0 unspecified atom stereocenters. The van der Waals surface area contributed by atoms with Gasteiger partial charge in [0.1, 0.15) is 11.6 Å². The summed E-state index contributed by atoms with van der Waals surface area (Å²) in [6.07, 6.45) is 0. The van der Waals surface area contributed by atoms with Crippen LogP contribution < -0.4 is 10.2 Å². The van der Waals surface area contributed by atoms with Gasteiger partial charge in [-0.1, -0.05) is 30.3 Å². The summed E-state index contributed by atoms with van der Waals surface area (Å²) in [7, 11) is 0. The Kier molecular flexibility index (Phi) is 4.05. The van der Waals surface area contributed by atoms with Gasteiger partial charge in [-0.05, 0) is 30.9 Å². The highest BCUT2D eigenvalue weighted by Gasteiger charge is 2.32. The zero-order valence-corrected chi connectivity index (χ0v) is 13.6. The number of imide groups is 1. The van der Waals surface area contributed by atoms with Crippen LogP contribution in [0, 0.1) is 11.3 Å². The lowest BCUT2D eigenvalue weighted by molar-refractivity contribution is -0.123. The molecule has 2 aromatic carbocycles. The molecule has 1 aliphatic heterocycles. The van der Waals surface area contributed by atoms with Crippen LogP contribution in [0.5, 0.6) is 0 Å². The summed E-state index contributed by atoms with van der Waals surface area (Å²) in [4.78, 5) is 26.2. The molecule has 2 aromatic rings. The lowest BCUT2D eigenvalue weighted by atomic mass is 9.94. The number of hydrogen-bond acceptors (Lipinski definition) is 4. The third kappa shape index (κ3) is 2.33. The van der Waals surface area contributed by atoms with Crippen molar-refractivity contribution in [3.8, 4) is 6.07 Å². The average molecular weight is 319 g/mol. The number of amides is 2. The molecule has 5 heteroatoms. The number of nitriles is 1. The van der Waals surface area contributed by atoms with Crippen molar-refractivity contribution in [1.82, 2.24) is 5.32 Å². The Labute approximate surface area is 140 Å². The number of rotatable bonds is 4. The van der Waals surface area contributed by atoms with Crippen molar-refractivity contribution in [2.75, 3.05) is 18.0 Å². The van der Waals surface area contributed by atoms with Gasteiger partial charge in [0.15, 0.2) is 0 Å². The Morgan fingerprint density at radius 2 is 1.67 bits per heavy atom. The summed E-state index contributed by atoms with van der Waals surface area (Å²) >= 11 is 0. The molecule has 120 valence electrons. The molecule has 0 bridgehead atoms. The smallest absolute Gasteiger partial charge is 0.269 e. The third-order valence-electron chi connectivity index (χ3n) is 4.32. The van der Waals surface area contributed by atoms with Gasteiger partial charge in [-0.25, -0.2) is 0 Å². The fraction of sp³-hybridized carbons (Fsp3) is 0.211. The van der Waals surface area contributed by atoms with E-state index in [2.05, 4.69) is 24.1 Å².